The van der Waals surface area contributed by atoms with E-state index in [1.165, 1.54) is 22.7 Å². The molecule has 2 aromatic heterocycles. The average molecular weight is 439 g/mol. The number of fused-ring (bicyclic) bond motifs is 2. The van der Waals surface area contributed by atoms with Crippen molar-refractivity contribution in [1.29, 1.82) is 0 Å². The summed E-state index contributed by atoms with van der Waals surface area (Å²) in [5.74, 6) is 1.29. The fourth-order valence-corrected chi connectivity index (χ4v) is 5.04. The van der Waals surface area contributed by atoms with Crippen molar-refractivity contribution >= 4 is 54.7 Å². The van der Waals surface area contributed by atoms with Gasteiger partial charge in [-0.25, -0.2) is 0 Å². The first kappa shape index (κ1) is 16.8. The van der Waals surface area contributed by atoms with Gasteiger partial charge in [-0.2, -0.15) is 4.99 Å². The Hall–Kier alpha value is -1.64. The SMILES string of the molecule is CCCn1c(=NC(=O)c2ccc(Br)s2)sc2cc3c(cc21)OCCO3. The molecule has 25 heavy (non-hydrogen) atoms. The molecule has 3 heterocycles. The third kappa shape index (κ3) is 3.26. The van der Waals surface area contributed by atoms with Crippen LogP contribution in [0.3, 0.4) is 0 Å². The second-order valence-electron chi connectivity index (χ2n) is 5.52. The molecule has 5 nitrogen and oxygen atoms in total. The number of aryl methyl sites for hydroxylation is 1. The van der Waals surface area contributed by atoms with Gasteiger partial charge in [-0.15, -0.1) is 11.3 Å². The van der Waals surface area contributed by atoms with E-state index >= 15 is 0 Å². The molecule has 3 aromatic rings. The molecule has 0 N–H and O–H groups in total. The Kier molecular flexibility index (Phi) is 4.66. The lowest BCUT2D eigenvalue weighted by atomic mass is 10.2. The van der Waals surface area contributed by atoms with Crippen LogP contribution in [0.4, 0.5) is 0 Å². The monoisotopic (exact) mass is 438 g/mol. The maximum atomic E-state index is 12.5. The van der Waals surface area contributed by atoms with Gasteiger partial charge in [0.2, 0.25) is 0 Å². The number of benzene rings is 1. The third-order valence-electron chi connectivity index (χ3n) is 3.78. The molecule has 0 bridgehead atoms. The van der Waals surface area contributed by atoms with Gasteiger partial charge in [0.1, 0.15) is 13.2 Å². The summed E-state index contributed by atoms with van der Waals surface area (Å²) in [6.45, 7) is 4.01. The molecule has 8 heteroatoms. The molecule has 0 spiro atoms. The average Bonchev–Trinajstić information content (AvgIpc) is 3.18. The highest BCUT2D eigenvalue weighted by Gasteiger charge is 2.17. The number of carbonyl (C=O) groups excluding carboxylic acids is 1. The largest absolute Gasteiger partial charge is 0.486 e. The van der Waals surface area contributed by atoms with Gasteiger partial charge in [0.25, 0.3) is 5.91 Å². The van der Waals surface area contributed by atoms with E-state index in [-0.39, 0.29) is 5.91 Å². The summed E-state index contributed by atoms with van der Waals surface area (Å²) in [6, 6.07) is 7.62. The van der Waals surface area contributed by atoms with Crippen LogP contribution in [0.15, 0.2) is 33.0 Å². The maximum Gasteiger partial charge on any atom is 0.289 e. The van der Waals surface area contributed by atoms with Crippen LogP contribution in [0.2, 0.25) is 0 Å². The minimum absolute atomic E-state index is 0.218. The second kappa shape index (κ2) is 6.93. The van der Waals surface area contributed by atoms with E-state index < -0.39 is 0 Å². The van der Waals surface area contributed by atoms with Gasteiger partial charge in [0.15, 0.2) is 16.3 Å². The fraction of sp³-hybridized carbons (Fsp3) is 0.294. The molecule has 1 aromatic carbocycles. The summed E-state index contributed by atoms with van der Waals surface area (Å²) >= 11 is 6.27. The molecular formula is C17H15BrN2O3S2. The minimum atomic E-state index is -0.218. The topological polar surface area (TPSA) is 52.8 Å². The zero-order chi connectivity index (χ0) is 17.4. The smallest absolute Gasteiger partial charge is 0.289 e. The summed E-state index contributed by atoms with van der Waals surface area (Å²) in [4.78, 5) is 18.2. The van der Waals surface area contributed by atoms with Gasteiger partial charge in [0, 0.05) is 18.7 Å². The zero-order valence-corrected chi connectivity index (χ0v) is 16.7. The fourth-order valence-electron chi connectivity index (χ4n) is 2.70. The molecule has 1 aliphatic heterocycles. The number of ether oxygens (including phenoxy) is 2. The molecule has 0 saturated heterocycles. The van der Waals surface area contributed by atoms with Crippen molar-refractivity contribution in [2.24, 2.45) is 4.99 Å². The quantitative estimate of drug-likeness (QED) is 0.606. The number of hydrogen-bond acceptors (Lipinski definition) is 5. The molecule has 0 unspecified atom stereocenters. The van der Waals surface area contributed by atoms with E-state index in [1.807, 2.05) is 18.2 Å². The molecule has 0 radical (unpaired) electrons. The predicted octanol–water partition coefficient (Wildman–Crippen LogP) is 4.45. The Balaban J connectivity index is 1.86. The first-order valence-electron chi connectivity index (χ1n) is 7.93. The number of rotatable bonds is 3. The number of amides is 1. The molecule has 1 aliphatic rings. The van der Waals surface area contributed by atoms with Crippen LogP contribution in [0.5, 0.6) is 11.5 Å². The Morgan fingerprint density at radius 1 is 1.24 bits per heavy atom. The standard InChI is InChI=1S/C17H15BrN2O3S2/c1-2-5-20-10-8-11-12(23-7-6-22-11)9-14(10)25-17(20)19-16(21)13-3-4-15(18)24-13/h3-4,8-9H,2,5-7H2,1H3. The lowest BCUT2D eigenvalue weighted by Gasteiger charge is -2.18. The second-order valence-corrected chi connectivity index (χ2v) is 8.99. The van der Waals surface area contributed by atoms with Crippen LogP contribution in [0, 0.1) is 0 Å². The Labute approximate surface area is 160 Å². The number of thiophene rings is 1. The first-order valence-corrected chi connectivity index (χ1v) is 10.4. The summed E-state index contributed by atoms with van der Waals surface area (Å²) < 4.78 is 15.4. The molecule has 0 atom stereocenters. The number of thiazole rings is 1. The Morgan fingerprint density at radius 3 is 2.68 bits per heavy atom. The molecule has 1 amide bonds. The van der Waals surface area contributed by atoms with E-state index in [1.54, 1.807) is 6.07 Å². The van der Waals surface area contributed by atoms with Gasteiger partial charge < -0.3 is 14.0 Å². The van der Waals surface area contributed by atoms with Gasteiger partial charge in [-0.3, -0.25) is 4.79 Å². The van der Waals surface area contributed by atoms with Gasteiger partial charge >= 0.3 is 0 Å². The van der Waals surface area contributed by atoms with Crippen molar-refractivity contribution in [3.63, 3.8) is 0 Å². The van der Waals surface area contributed by atoms with Crippen LogP contribution in [0.25, 0.3) is 10.2 Å². The molecule has 0 aliphatic carbocycles. The summed E-state index contributed by atoms with van der Waals surface area (Å²) in [6.07, 6.45) is 0.951. The van der Waals surface area contributed by atoms with Crippen LogP contribution >= 0.6 is 38.6 Å². The minimum Gasteiger partial charge on any atom is -0.486 e. The molecular weight excluding hydrogens is 424 g/mol. The van der Waals surface area contributed by atoms with E-state index in [2.05, 4.69) is 32.4 Å². The van der Waals surface area contributed by atoms with Crippen molar-refractivity contribution in [3.8, 4) is 11.5 Å². The number of carbonyl (C=O) groups is 1. The van der Waals surface area contributed by atoms with Gasteiger partial charge in [-0.05, 0) is 34.5 Å². The van der Waals surface area contributed by atoms with Gasteiger partial charge in [0.05, 0.1) is 18.9 Å². The molecule has 0 fully saturated rings. The lowest BCUT2D eigenvalue weighted by Crippen LogP contribution is -2.17. The van der Waals surface area contributed by atoms with Crippen molar-refractivity contribution in [2.75, 3.05) is 13.2 Å². The highest BCUT2D eigenvalue weighted by atomic mass is 79.9. The van der Waals surface area contributed by atoms with Crippen LogP contribution in [-0.4, -0.2) is 23.7 Å². The highest BCUT2D eigenvalue weighted by Crippen LogP contribution is 2.35. The summed E-state index contributed by atoms with van der Waals surface area (Å²) in [7, 11) is 0. The first-order chi connectivity index (χ1) is 12.2. The van der Waals surface area contributed by atoms with Crippen molar-refractivity contribution in [2.45, 2.75) is 19.9 Å². The zero-order valence-electron chi connectivity index (χ0n) is 13.5. The van der Waals surface area contributed by atoms with Crippen LogP contribution in [0.1, 0.15) is 23.0 Å². The van der Waals surface area contributed by atoms with E-state index in [0.717, 1.165) is 38.5 Å². The van der Waals surface area contributed by atoms with Crippen LogP contribution in [-0.2, 0) is 6.54 Å². The highest BCUT2D eigenvalue weighted by molar-refractivity contribution is 9.11. The third-order valence-corrected chi connectivity index (χ3v) is 6.43. The van der Waals surface area contributed by atoms with E-state index in [4.69, 9.17) is 9.47 Å². The predicted molar refractivity (Wildman–Crippen MR) is 103 cm³/mol. The molecule has 0 saturated carbocycles. The number of hydrogen-bond donors (Lipinski definition) is 0. The van der Waals surface area contributed by atoms with E-state index in [9.17, 15) is 4.79 Å². The van der Waals surface area contributed by atoms with Crippen LogP contribution < -0.4 is 14.3 Å². The molecule has 4 rings (SSSR count). The van der Waals surface area contributed by atoms with Crippen molar-refractivity contribution < 1.29 is 14.3 Å². The Morgan fingerprint density at radius 2 is 2.00 bits per heavy atom. The van der Waals surface area contributed by atoms with Crippen molar-refractivity contribution in [3.05, 3.63) is 37.7 Å². The number of aromatic nitrogens is 1. The number of halogens is 1. The summed E-state index contributed by atoms with van der Waals surface area (Å²) in [5.41, 5.74) is 1.02. The van der Waals surface area contributed by atoms with E-state index in [0.29, 0.717) is 22.9 Å². The number of nitrogens with zero attached hydrogens (tertiary/aromatic N) is 2. The normalized spacial score (nSPS) is 14.2. The molecule has 130 valence electrons. The van der Waals surface area contributed by atoms with Crippen molar-refractivity contribution in [1.82, 2.24) is 4.57 Å². The maximum absolute atomic E-state index is 12.5. The Bertz CT molecular complexity index is 1020. The van der Waals surface area contributed by atoms with Gasteiger partial charge in [-0.1, -0.05) is 18.3 Å². The summed E-state index contributed by atoms with van der Waals surface area (Å²) in [5, 5.41) is 0. The lowest BCUT2D eigenvalue weighted by molar-refractivity contribution is 0.100.